The number of esters is 1. The molecule has 7 heteroatoms. The second-order valence-corrected chi connectivity index (χ2v) is 4.70. The van der Waals surface area contributed by atoms with Crippen molar-refractivity contribution >= 4 is 17.6 Å². The number of carbonyl (C=O) groups is 2. The van der Waals surface area contributed by atoms with Crippen molar-refractivity contribution in [3.05, 3.63) is 28.7 Å². The van der Waals surface area contributed by atoms with Crippen molar-refractivity contribution < 1.29 is 14.3 Å². The molecule has 20 heavy (non-hydrogen) atoms. The zero-order valence-electron chi connectivity index (χ0n) is 11.2. The zero-order valence-corrected chi connectivity index (χ0v) is 11.2. The van der Waals surface area contributed by atoms with Gasteiger partial charge >= 0.3 is 5.97 Å². The molecular weight excluding hydrogens is 262 g/mol. The first kappa shape index (κ1) is 14.1. The number of nitrogens with zero attached hydrogens (tertiary/aromatic N) is 2. The molecule has 1 saturated heterocycles. The number of hydrogen-bond donors (Lipinski definition) is 1. The van der Waals surface area contributed by atoms with Gasteiger partial charge in [-0.15, -0.1) is 0 Å². The van der Waals surface area contributed by atoms with E-state index in [9.17, 15) is 14.4 Å². The van der Waals surface area contributed by atoms with Gasteiger partial charge in [-0.05, 0) is 18.9 Å². The Bertz CT molecular complexity index is 581. The lowest BCUT2D eigenvalue weighted by Gasteiger charge is -2.23. The van der Waals surface area contributed by atoms with Gasteiger partial charge in [0.05, 0.1) is 7.11 Å². The molecule has 0 aromatic carbocycles. The van der Waals surface area contributed by atoms with Crippen molar-refractivity contribution in [3.8, 4) is 0 Å². The van der Waals surface area contributed by atoms with Crippen LogP contribution in [0.15, 0.2) is 23.1 Å². The molecule has 2 rings (SSSR count). The largest absolute Gasteiger partial charge is 0.467 e. The van der Waals surface area contributed by atoms with Crippen LogP contribution in [0, 0.1) is 0 Å². The number of rotatable bonds is 3. The molecule has 108 valence electrons. The van der Waals surface area contributed by atoms with Gasteiger partial charge in [-0.3, -0.25) is 9.59 Å². The highest BCUT2D eigenvalue weighted by Gasteiger charge is 2.34. The van der Waals surface area contributed by atoms with Crippen LogP contribution >= 0.6 is 0 Å². The lowest BCUT2D eigenvalue weighted by Crippen LogP contribution is -2.43. The van der Waals surface area contributed by atoms with Gasteiger partial charge in [0.1, 0.15) is 12.6 Å². The van der Waals surface area contributed by atoms with Crippen molar-refractivity contribution in [2.75, 3.05) is 19.4 Å². The van der Waals surface area contributed by atoms with Gasteiger partial charge in [0.2, 0.25) is 5.91 Å². The number of methoxy groups -OCH3 is 1. The molecule has 1 aromatic rings. The average molecular weight is 279 g/mol. The van der Waals surface area contributed by atoms with Crippen LogP contribution in [-0.4, -0.2) is 41.0 Å². The molecule has 1 unspecified atom stereocenters. The molecule has 2 heterocycles. The van der Waals surface area contributed by atoms with E-state index in [2.05, 4.69) is 4.74 Å². The maximum absolute atomic E-state index is 12.2. The highest BCUT2D eigenvalue weighted by molar-refractivity contribution is 5.85. The summed E-state index contributed by atoms with van der Waals surface area (Å²) in [6, 6.07) is 2.24. The van der Waals surface area contributed by atoms with E-state index >= 15 is 0 Å². The molecule has 0 radical (unpaired) electrons. The molecule has 0 saturated carbocycles. The molecule has 0 bridgehead atoms. The minimum atomic E-state index is -0.552. The number of ether oxygens (including phenoxy) is 1. The maximum atomic E-state index is 12.2. The number of nitrogen functional groups attached to an aromatic ring is 1. The Kier molecular flexibility index (Phi) is 4.07. The quantitative estimate of drug-likeness (QED) is 0.759. The van der Waals surface area contributed by atoms with E-state index < -0.39 is 12.0 Å². The van der Waals surface area contributed by atoms with Gasteiger partial charge in [-0.25, -0.2) is 4.79 Å². The van der Waals surface area contributed by atoms with Crippen molar-refractivity contribution in [2.24, 2.45) is 0 Å². The zero-order chi connectivity index (χ0) is 14.7. The highest BCUT2D eigenvalue weighted by Crippen LogP contribution is 2.18. The van der Waals surface area contributed by atoms with Gasteiger partial charge in [-0.1, -0.05) is 0 Å². The van der Waals surface area contributed by atoms with E-state index in [-0.39, 0.29) is 18.0 Å². The average Bonchev–Trinajstić information content (AvgIpc) is 2.91. The summed E-state index contributed by atoms with van der Waals surface area (Å²) < 4.78 is 5.93. The van der Waals surface area contributed by atoms with Crippen molar-refractivity contribution in [2.45, 2.75) is 25.4 Å². The monoisotopic (exact) mass is 279 g/mol. The standard InChI is InChI=1S/C13H17N3O4/c1-20-13(19)10-3-2-6-16(10)12(18)8-15-7-9(14)4-5-11(15)17/h4-5,7,10H,2-3,6,8,14H2,1H3. The van der Waals surface area contributed by atoms with E-state index in [1.165, 1.54) is 34.9 Å². The van der Waals surface area contributed by atoms with E-state index in [1.54, 1.807) is 0 Å². The van der Waals surface area contributed by atoms with Crippen LogP contribution in [0.1, 0.15) is 12.8 Å². The Labute approximate surface area is 115 Å². The number of likely N-dealkylation sites (tertiary alicyclic amines) is 1. The summed E-state index contributed by atoms with van der Waals surface area (Å²) in [4.78, 5) is 36.9. The molecule has 1 amide bonds. The summed E-state index contributed by atoms with van der Waals surface area (Å²) in [5.74, 6) is -0.707. The number of amides is 1. The molecule has 7 nitrogen and oxygen atoms in total. The molecule has 1 fully saturated rings. The first-order valence-corrected chi connectivity index (χ1v) is 6.36. The third-order valence-corrected chi connectivity index (χ3v) is 3.36. The molecule has 1 aliphatic rings. The summed E-state index contributed by atoms with van der Waals surface area (Å²) in [6.45, 7) is 0.368. The molecule has 1 aromatic heterocycles. The van der Waals surface area contributed by atoms with Crippen LogP contribution in [0.3, 0.4) is 0 Å². The third-order valence-electron chi connectivity index (χ3n) is 3.36. The Balaban J connectivity index is 2.13. The lowest BCUT2D eigenvalue weighted by atomic mass is 10.2. The van der Waals surface area contributed by atoms with Gasteiger partial charge in [0.25, 0.3) is 5.56 Å². The molecule has 0 aliphatic carbocycles. The summed E-state index contributed by atoms with van der Waals surface area (Å²) in [5.41, 5.74) is 5.70. The van der Waals surface area contributed by atoms with E-state index in [1.807, 2.05) is 0 Å². The van der Waals surface area contributed by atoms with Crippen LogP contribution in [0.25, 0.3) is 0 Å². The van der Waals surface area contributed by atoms with E-state index in [0.717, 1.165) is 6.42 Å². The second kappa shape index (κ2) is 5.77. The van der Waals surface area contributed by atoms with Crippen molar-refractivity contribution in [3.63, 3.8) is 0 Å². The highest BCUT2D eigenvalue weighted by atomic mass is 16.5. The first-order valence-electron chi connectivity index (χ1n) is 6.36. The Morgan fingerprint density at radius 3 is 2.90 bits per heavy atom. The summed E-state index contributed by atoms with van der Waals surface area (Å²) in [5, 5.41) is 0. The molecular formula is C13H17N3O4. The predicted molar refractivity (Wildman–Crippen MR) is 71.9 cm³/mol. The number of nitrogens with two attached hydrogens (primary N) is 1. The number of anilines is 1. The number of hydrogen-bond acceptors (Lipinski definition) is 5. The molecule has 2 N–H and O–H groups in total. The van der Waals surface area contributed by atoms with Crippen LogP contribution in [0.2, 0.25) is 0 Å². The van der Waals surface area contributed by atoms with E-state index in [4.69, 9.17) is 5.73 Å². The molecule has 0 spiro atoms. The summed E-state index contributed by atoms with van der Waals surface area (Å²) in [6.07, 6.45) is 2.75. The second-order valence-electron chi connectivity index (χ2n) is 4.70. The summed E-state index contributed by atoms with van der Waals surface area (Å²) >= 11 is 0. The minimum Gasteiger partial charge on any atom is -0.467 e. The Morgan fingerprint density at radius 2 is 2.20 bits per heavy atom. The normalized spacial score (nSPS) is 18.1. The van der Waals surface area contributed by atoms with Crippen LogP contribution in [0.4, 0.5) is 5.69 Å². The van der Waals surface area contributed by atoms with Crippen LogP contribution in [0.5, 0.6) is 0 Å². The van der Waals surface area contributed by atoms with Gasteiger partial charge < -0.3 is 19.9 Å². The fourth-order valence-corrected chi connectivity index (χ4v) is 2.36. The smallest absolute Gasteiger partial charge is 0.328 e. The van der Waals surface area contributed by atoms with Gasteiger partial charge in [0, 0.05) is 24.5 Å². The van der Waals surface area contributed by atoms with Gasteiger partial charge in [-0.2, -0.15) is 0 Å². The van der Waals surface area contributed by atoms with Gasteiger partial charge in [0.15, 0.2) is 0 Å². The third kappa shape index (κ3) is 2.81. The topological polar surface area (TPSA) is 94.6 Å². The Hall–Kier alpha value is -2.31. The minimum absolute atomic E-state index is 0.128. The lowest BCUT2D eigenvalue weighted by molar-refractivity contribution is -0.151. The van der Waals surface area contributed by atoms with Crippen molar-refractivity contribution in [1.82, 2.24) is 9.47 Å². The molecule has 1 aliphatic heterocycles. The SMILES string of the molecule is COC(=O)C1CCCN1C(=O)Cn1cc(N)ccc1=O. The Morgan fingerprint density at radius 1 is 1.45 bits per heavy atom. The maximum Gasteiger partial charge on any atom is 0.328 e. The van der Waals surface area contributed by atoms with E-state index in [0.29, 0.717) is 18.7 Å². The summed E-state index contributed by atoms with van der Waals surface area (Å²) in [7, 11) is 1.30. The fraction of sp³-hybridized carbons (Fsp3) is 0.462. The van der Waals surface area contributed by atoms with Crippen molar-refractivity contribution in [1.29, 1.82) is 0 Å². The number of pyridine rings is 1. The first-order chi connectivity index (χ1) is 9.52. The van der Waals surface area contributed by atoms with Crippen LogP contribution < -0.4 is 11.3 Å². The predicted octanol–water partition coefficient (Wildman–Crippen LogP) is -0.405. The number of aromatic nitrogens is 1. The number of carbonyl (C=O) groups excluding carboxylic acids is 2. The molecule has 1 atom stereocenters. The van der Waals surface area contributed by atoms with Crippen LogP contribution in [-0.2, 0) is 20.9 Å². The fourth-order valence-electron chi connectivity index (χ4n) is 2.36.